The van der Waals surface area contributed by atoms with Gasteiger partial charge in [0.05, 0.1) is 11.8 Å². The lowest BCUT2D eigenvalue weighted by Crippen LogP contribution is -2.31. The number of carboxylic acid groups (broad SMARTS) is 1. The zero-order valence-electron chi connectivity index (χ0n) is 12.5. The number of carboxylic acids is 1. The van der Waals surface area contributed by atoms with Gasteiger partial charge in [0.2, 0.25) is 5.91 Å². The van der Waals surface area contributed by atoms with Crippen molar-refractivity contribution in [2.45, 2.75) is 26.2 Å². The van der Waals surface area contributed by atoms with E-state index in [0.29, 0.717) is 12.5 Å². The molecule has 0 spiro atoms. The number of hydrogen-bond donors (Lipinski definition) is 1. The molecule has 0 bridgehead atoms. The number of carbonyl (C=O) groups is 2. The first-order chi connectivity index (χ1) is 9.93. The first-order valence-corrected chi connectivity index (χ1v) is 7.49. The fourth-order valence-electron chi connectivity index (χ4n) is 3.71. The summed E-state index contributed by atoms with van der Waals surface area (Å²) in [4.78, 5) is 25.7. The number of hydrogen-bond acceptors (Lipinski definition) is 2. The van der Waals surface area contributed by atoms with Crippen LogP contribution in [0.25, 0.3) is 0 Å². The van der Waals surface area contributed by atoms with Crippen LogP contribution in [0.4, 0.5) is 0 Å². The van der Waals surface area contributed by atoms with Gasteiger partial charge >= 0.3 is 5.97 Å². The molecule has 1 heterocycles. The van der Waals surface area contributed by atoms with Crippen molar-refractivity contribution in [3.63, 3.8) is 0 Å². The molecule has 1 aromatic rings. The van der Waals surface area contributed by atoms with Crippen LogP contribution in [0, 0.1) is 17.3 Å². The quantitative estimate of drug-likeness (QED) is 0.928. The summed E-state index contributed by atoms with van der Waals surface area (Å²) < 4.78 is 0. The Morgan fingerprint density at radius 2 is 1.86 bits per heavy atom. The van der Waals surface area contributed by atoms with E-state index in [1.54, 1.807) is 0 Å². The summed E-state index contributed by atoms with van der Waals surface area (Å²) in [7, 11) is 0. The lowest BCUT2D eigenvalue weighted by molar-refractivity contribution is -0.141. The molecule has 1 N–H and O–H groups in total. The van der Waals surface area contributed by atoms with Crippen LogP contribution in [-0.4, -0.2) is 35.0 Å². The Kier molecular flexibility index (Phi) is 3.27. The van der Waals surface area contributed by atoms with Crippen molar-refractivity contribution >= 4 is 11.9 Å². The average Bonchev–Trinajstić information content (AvgIpc) is 2.84. The van der Waals surface area contributed by atoms with E-state index in [1.807, 2.05) is 36.9 Å². The minimum absolute atomic E-state index is 0.0193. The van der Waals surface area contributed by atoms with Gasteiger partial charge in [0.15, 0.2) is 0 Å². The van der Waals surface area contributed by atoms with Crippen molar-refractivity contribution in [1.82, 2.24) is 4.90 Å². The maximum Gasteiger partial charge on any atom is 0.307 e. The summed E-state index contributed by atoms with van der Waals surface area (Å²) in [6.45, 7) is 5.19. The normalized spacial score (nSPS) is 30.2. The second kappa shape index (κ2) is 4.86. The van der Waals surface area contributed by atoms with E-state index in [-0.39, 0.29) is 11.8 Å². The molecule has 1 aliphatic carbocycles. The van der Waals surface area contributed by atoms with Gasteiger partial charge in [0, 0.05) is 19.0 Å². The third kappa shape index (κ3) is 2.33. The van der Waals surface area contributed by atoms with E-state index < -0.39 is 17.3 Å². The van der Waals surface area contributed by atoms with Gasteiger partial charge in [-0.3, -0.25) is 9.59 Å². The van der Waals surface area contributed by atoms with Gasteiger partial charge in [-0.05, 0) is 17.4 Å². The van der Waals surface area contributed by atoms with E-state index in [0.717, 1.165) is 13.0 Å². The van der Waals surface area contributed by atoms with E-state index in [1.165, 1.54) is 5.56 Å². The summed E-state index contributed by atoms with van der Waals surface area (Å²) in [6.07, 6.45) is 0.959. The number of likely N-dealkylation sites (tertiary alicyclic amines) is 1. The van der Waals surface area contributed by atoms with Crippen molar-refractivity contribution in [2.24, 2.45) is 17.3 Å². The van der Waals surface area contributed by atoms with Crippen LogP contribution in [0.2, 0.25) is 0 Å². The zero-order valence-corrected chi connectivity index (χ0v) is 12.5. The molecule has 3 rings (SSSR count). The van der Waals surface area contributed by atoms with Crippen LogP contribution < -0.4 is 0 Å². The van der Waals surface area contributed by atoms with Crippen LogP contribution in [0.15, 0.2) is 30.3 Å². The highest BCUT2D eigenvalue weighted by molar-refractivity contribution is 5.91. The molecule has 1 aromatic carbocycles. The molecule has 1 saturated carbocycles. The Morgan fingerprint density at radius 1 is 1.19 bits per heavy atom. The Labute approximate surface area is 124 Å². The molecule has 3 atom stereocenters. The van der Waals surface area contributed by atoms with Gasteiger partial charge in [-0.15, -0.1) is 0 Å². The van der Waals surface area contributed by atoms with Crippen molar-refractivity contribution in [3.05, 3.63) is 35.9 Å². The molecule has 1 unspecified atom stereocenters. The van der Waals surface area contributed by atoms with Crippen molar-refractivity contribution in [3.8, 4) is 0 Å². The summed E-state index contributed by atoms with van der Waals surface area (Å²) in [5, 5.41) is 9.21. The molecule has 4 heteroatoms. The van der Waals surface area contributed by atoms with E-state index in [9.17, 15) is 14.7 Å². The lowest BCUT2D eigenvalue weighted by Gasteiger charge is -2.17. The minimum Gasteiger partial charge on any atom is -0.481 e. The fraction of sp³-hybridized carbons (Fsp3) is 0.529. The van der Waals surface area contributed by atoms with Crippen LogP contribution >= 0.6 is 0 Å². The second-order valence-electron chi connectivity index (χ2n) is 6.80. The topological polar surface area (TPSA) is 57.6 Å². The highest BCUT2D eigenvalue weighted by atomic mass is 16.4. The van der Waals surface area contributed by atoms with E-state index in [2.05, 4.69) is 12.1 Å². The molecule has 2 fully saturated rings. The second-order valence-corrected chi connectivity index (χ2v) is 6.80. The van der Waals surface area contributed by atoms with Crippen molar-refractivity contribution in [1.29, 1.82) is 0 Å². The standard InChI is InChI=1S/C17H21NO3/c1-17(2)13(14(17)16(20)21)15(19)18-9-8-12(10-18)11-6-4-3-5-7-11/h3-7,12-14H,8-10H2,1-2H3,(H,20,21)/t12?,13-,14+/m1/s1. The number of benzene rings is 1. The minimum atomic E-state index is -0.850. The third-order valence-corrected chi connectivity index (χ3v) is 5.13. The molecule has 21 heavy (non-hydrogen) atoms. The molecule has 1 amide bonds. The van der Waals surface area contributed by atoms with Crippen LogP contribution in [0.3, 0.4) is 0 Å². The summed E-state index contributed by atoms with van der Waals surface area (Å²) in [5.41, 5.74) is 0.853. The van der Waals surface area contributed by atoms with Gasteiger partial charge in [-0.2, -0.15) is 0 Å². The van der Waals surface area contributed by atoms with Crippen LogP contribution in [0.1, 0.15) is 31.7 Å². The number of nitrogens with zero attached hydrogens (tertiary/aromatic N) is 1. The highest BCUT2D eigenvalue weighted by Crippen LogP contribution is 2.59. The number of rotatable bonds is 3. The molecule has 112 valence electrons. The van der Waals surface area contributed by atoms with Crippen LogP contribution in [0.5, 0.6) is 0 Å². The van der Waals surface area contributed by atoms with Crippen molar-refractivity contribution in [2.75, 3.05) is 13.1 Å². The van der Waals surface area contributed by atoms with Gasteiger partial charge in [0.25, 0.3) is 0 Å². The molecule has 0 radical (unpaired) electrons. The first kappa shape index (κ1) is 14.1. The summed E-state index contributed by atoms with van der Waals surface area (Å²) in [5.74, 6) is -1.34. The van der Waals surface area contributed by atoms with Gasteiger partial charge in [-0.1, -0.05) is 44.2 Å². The molecular weight excluding hydrogens is 266 g/mol. The Bertz CT molecular complexity index is 567. The molecule has 4 nitrogen and oxygen atoms in total. The Hall–Kier alpha value is -1.84. The maximum atomic E-state index is 12.6. The van der Waals surface area contributed by atoms with Gasteiger partial charge in [-0.25, -0.2) is 0 Å². The monoisotopic (exact) mass is 287 g/mol. The highest BCUT2D eigenvalue weighted by Gasteiger charge is 2.66. The number of aliphatic carboxylic acids is 1. The van der Waals surface area contributed by atoms with E-state index >= 15 is 0 Å². The summed E-state index contributed by atoms with van der Waals surface area (Å²) in [6, 6.07) is 10.2. The molecule has 1 aliphatic heterocycles. The zero-order chi connectivity index (χ0) is 15.2. The van der Waals surface area contributed by atoms with Gasteiger partial charge < -0.3 is 10.0 Å². The Balaban J connectivity index is 1.67. The fourth-order valence-corrected chi connectivity index (χ4v) is 3.71. The molecule has 1 saturated heterocycles. The average molecular weight is 287 g/mol. The van der Waals surface area contributed by atoms with Crippen molar-refractivity contribution < 1.29 is 14.7 Å². The SMILES string of the molecule is CC1(C)[C@H](C(=O)O)[C@@H]1C(=O)N1CCC(c2ccccc2)C1. The number of amides is 1. The summed E-state index contributed by atoms with van der Waals surface area (Å²) >= 11 is 0. The van der Waals surface area contributed by atoms with Gasteiger partial charge in [0.1, 0.15) is 0 Å². The number of carbonyl (C=O) groups excluding carboxylic acids is 1. The molecule has 2 aliphatic rings. The largest absolute Gasteiger partial charge is 0.481 e. The third-order valence-electron chi connectivity index (χ3n) is 5.13. The maximum absolute atomic E-state index is 12.6. The smallest absolute Gasteiger partial charge is 0.307 e. The Morgan fingerprint density at radius 3 is 2.43 bits per heavy atom. The van der Waals surface area contributed by atoms with E-state index in [4.69, 9.17) is 0 Å². The first-order valence-electron chi connectivity index (χ1n) is 7.49. The van der Waals surface area contributed by atoms with Crippen LogP contribution in [-0.2, 0) is 9.59 Å². The molecular formula is C17H21NO3. The predicted octanol–water partition coefficient (Wildman–Crippen LogP) is 2.36. The molecule has 0 aromatic heterocycles. The lowest BCUT2D eigenvalue weighted by atomic mass is 9.99. The predicted molar refractivity (Wildman–Crippen MR) is 78.8 cm³/mol.